The number of rotatable bonds is 3. The summed E-state index contributed by atoms with van der Waals surface area (Å²) in [5.41, 5.74) is 2.60. The average molecular weight is 270 g/mol. The number of aryl methyl sites for hydroxylation is 1. The van der Waals surface area contributed by atoms with Crippen molar-refractivity contribution in [2.24, 2.45) is 5.92 Å². The maximum absolute atomic E-state index is 12.2. The number of alkyl halides is 3. The summed E-state index contributed by atoms with van der Waals surface area (Å²) >= 11 is 0. The van der Waals surface area contributed by atoms with Gasteiger partial charge in [-0.05, 0) is 56.4 Å². The van der Waals surface area contributed by atoms with Gasteiger partial charge in [0.25, 0.3) is 0 Å². The Morgan fingerprint density at radius 1 is 1.00 bits per heavy atom. The molecule has 1 aliphatic rings. The molecule has 1 aromatic rings. The Bertz CT molecular complexity index is 383. The van der Waals surface area contributed by atoms with E-state index in [4.69, 9.17) is 0 Å². The van der Waals surface area contributed by atoms with Crippen molar-refractivity contribution < 1.29 is 13.2 Å². The standard InChI is InChI=1S/C16H21F3/c1-12-2-6-14(7-3-12)15-8-4-13(5-9-15)10-11-16(17,18)19/h2-3,6-7,13,15H,4-5,8-11H2,1H3. The molecular weight excluding hydrogens is 249 g/mol. The van der Waals surface area contributed by atoms with E-state index in [9.17, 15) is 13.2 Å². The van der Waals surface area contributed by atoms with Gasteiger partial charge in [-0.3, -0.25) is 0 Å². The summed E-state index contributed by atoms with van der Waals surface area (Å²) in [6.07, 6.45) is -0.356. The van der Waals surface area contributed by atoms with Crippen molar-refractivity contribution in [2.75, 3.05) is 0 Å². The minimum Gasteiger partial charge on any atom is -0.171 e. The second kappa shape index (κ2) is 5.98. The zero-order valence-electron chi connectivity index (χ0n) is 11.3. The third-order valence-electron chi connectivity index (χ3n) is 4.23. The second-order valence-electron chi connectivity index (χ2n) is 5.78. The molecule has 2 rings (SSSR count). The number of benzene rings is 1. The van der Waals surface area contributed by atoms with Gasteiger partial charge < -0.3 is 0 Å². The van der Waals surface area contributed by atoms with Gasteiger partial charge in [-0.2, -0.15) is 13.2 Å². The molecule has 0 heterocycles. The molecule has 0 aliphatic heterocycles. The molecule has 0 N–H and O–H groups in total. The number of halogens is 3. The van der Waals surface area contributed by atoms with Crippen molar-refractivity contribution >= 4 is 0 Å². The van der Waals surface area contributed by atoms with Crippen molar-refractivity contribution in [3.63, 3.8) is 0 Å². The van der Waals surface area contributed by atoms with Crippen LogP contribution in [0.5, 0.6) is 0 Å². The molecule has 0 atom stereocenters. The smallest absolute Gasteiger partial charge is 0.171 e. The van der Waals surface area contributed by atoms with Crippen molar-refractivity contribution in [2.45, 2.75) is 57.5 Å². The summed E-state index contributed by atoms with van der Waals surface area (Å²) in [5.74, 6) is 0.811. The molecule has 0 unspecified atom stereocenters. The van der Waals surface area contributed by atoms with Gasteiger partial charge in [-0.25, -0.2) is 0 Å². The predicted molar refractivity (Wildman–Crippen MR) is 71.2 cm³/mol. The molecule has 0 saturated heterocycles. The molecule has 1 saturated carbocycles. The number of hydrogen-bond acceptors (Lipinski definition) is 0. The molecular formula is C16H21F3. The quantitative estimate of drug-likeness (QED) is 0.669. The van der Waals surface area contributed by atoms with Crippen molar-refractivity contribution in [1.82, 2.24) is 0 Å². The van der Waals surface area contributed by atoms with E-state index in [1.165, 1.54) is 11.1 Å². The highest BCUT2D eigenvalue weighted by Crippen LogP contribution is 2.38. The Morgan fingerprint density at radius 2 is 1.58 bits per heavy atom. The SMILES string of the molecule is Cc1ccc(C2CCC(CCC(F)(F)F)CC2)cc1. The number of hydrogen-bond donors (Lipinski definition) is 0. The first kappa shape index (κ1) is 14.4. The van der Waals surface area contributed by atoms with Gasteiger partial charge in [0.1, 0.15) is 0 Å². The molecule has 0 nitrogen and oxygen atoms in total. The van der Waals surface area contributed by atoms with E-state index in [1.807, 2.05) is 0 Å². The summed E-state index contributed by atoms with van der Waals surface area (Å²) in [4.78, 5) is 0. The van der Waals surface area contributed by atoms with Crippen LogP contribution in [0.2, 0.25) is 0 Å². The lowest BCUT2D eigenvalue weighted by molar-refractivity contribution is -0.138. The zero-order chi connectivity index (χ0) is 13.9. The van der Waals surface area contributed by atoms with Crippen LogP contribution in [-0.2, 0) is 0 Å². The summed E-state index contributed by atoms with van der Waals surface area (Å²) in [5, 5.41) is 0. The Kier molecular flexibility index (Phi) is 4.54. The monoisotopic (exact) mass is 270 g/mol. The first-order chi connectivity index (χ1) is 8.94. The van der Waals surface area contributed by atoms with E-state index in [1.54, 1.807) is 0 Å². The normalized spacial score (nSPS) is 24.4. The highest BCUT2D eigenvalue weighted by Gasteiger charge is 2.30. The van der Waals surface area contributed by atoms with E-state index in [0.717, 1.165) is 25.7 Å². The van der Waals surface area contributed by atoms with Gasteiger partial charge in [0.15, 0.2) is 0 Å². The van der Waals surface area contributed by atoms with Gasteiger partial charge >= 0.3 is 6.18 Å². The van der Waals surface area contributed by atoms with Crippen LogP contribution in [0.1, 0.15) is 55.6 Å². The van der Waals surface area contributed by atoms with Gasteiger partial charge in [-0.1, -0.05) is 29.8 Å². The van der Waals surface area contributed by atoms with Gasteiger partial charge in [0.05, 0.1) is 0 Å². The molecule has 0 bridgehead atoms. The van der Waals surface area contributed by atoms with Crippen molar-refractivity contribution in [1.29, 1.82) is 0 Å². The van der Waals surface area contributed by atoms with Gasteiger partial charge in [-0.15, -0.1) is 0 Å². The zero-order valence-corrected chi connectivity index (χ0v) is 11.3. The van der Waals surface area contributed by atoms with Crippen LogP contribution in [0.15, 0.2) is 24.3 Å². The van der Waals surface area contributed by atoms with Crippen LogP contribution in [0.4, 0.5) is 13.2 Å². The Balaban J connectivity index is 1.81. The van der Waals surface area contributed by atoms with Crippen LogP contribution in [0.25, 0.3) is 0 Å². The highest BCUT2D eigenvalue weighted by molar-refractivity contribution is 5.24. The van der Waals surface area contributed by atoms with Crippen molar-refractivity contribution in [3.8, 4) is 0 Å². The van der Waals surface area contributed by atoms with Crippen LogP contribution in [0.3, 0.4) is 0 Å². The molecule has 1 aromatic carbocycles. The fourth-order valence-electron chi connectivity index (χ4n) is 2.99. The lowest BCUT2D eigenvalue weighted by Crippen LogP contribution is -2.16. The molecule has 0 radical (unpaired) electrons. The molecule has 0 aromatic heterocycles. The Labute approximate surface area is 113 Å². The lowest BCUT2D eigenvalue weighted by atomic mass is 9.77. The fourth-order valence-corrected chi connectivity index (χ4v) is 2.99. The third kappa shape index (κ3) is 4.55. The molecule has 1 fully saturated rings. The summed E-state index contributed by atoms with van der Waals surface area (Å²) in [7, 11) is 0. The lowest BCUT2D eigenvalue weighted by Gasteiger charge is -2.29. The van der Waals surface area contributed by atoms with Crippen LogP contribution < -0.4 is 0 Å². The molecule has 0 amide bonds. The van der Waals surface area contributed by atoms with Crippen LogP contribution >= 0.6 is 0 Å². The minimum atomic E-state index is -3.99. The molecule has 1 aliphatic carbocycles. The van der Waals surface area contributed by atoms with Crippen LogP contribution in [0, 0.1) is 12.8 Å². The fraction of sp³-hybridized carbons (Fsp3) is 0.625. The Morgan fingerprint density at radius 3 is 2.11 bits per heavy atom. The van der Waals surface area contributed by atoms with Gasteiger partial charge in [0, 0.05) is 6.42 Å². The maximum Gasteiger partial charge on any atom is 0.389 e. The summed E-state index contributed by atoms with van der Waals surface area (Å²) in [6, 6.07) is 8.56. The minimum absolute atomic E-state index is 0.267. The summed E-state index contributed by atoms with van der Waals surface area (Å²) < 4.78 is 36.6. The first-order valence-corrected chi connectivity index (χ1v) is 7.07. The molecule has 106 valence electrons. The second-order valence-corrected chi connectivity index (χ2v) is 5.78. The van der Waals surface area contributed by atoms with E-state index in [0.29, 0.717) is 12.3 Å². The van der Waals surface area contributed by atoms with Crippen molar-refractivity contribution in [3.05, 3.63) is 35.4 Å². The molecule has 0 spiro atoms. The van der Waals surface area contributed by atoms with E-state index in [-0.39, 0.29) is 5.92 Å². The molecule has 3 heteroatoms. The highest BCUT2D eigenvalue weighted by atomic mass is 19.4. The predicted octanol–water partition coefficient (Wildman–Crippen LogP) is 5.61. The third-order valence-corrected chi connectivity index (χ3v) is 4.23. The van der Waals surface area contributed by atoms with Gasteiger partial charge in [0.2, 0.25) is 0 Å². The van der Waals surface area contributed by atoms with E-state index < -0.39 is 12.6 Å². The Hall–Kier alpha value is -0.990. The molecule has 19 heavy (non-hydrogen) atoms. The van der Waals surface area contributed by atoms with E-state index >= 15 is 0 Å². The maximum atomic E-state index is 12.2. The average Bonchev–Trinajstić information content (AvgIpc) is 2.37. The van der Waals surface area contributed by atoms with Crippen LogP contribution in [-0.4, -0.2) is 6.18 Å². The summed E-state index contributed by atoms with van der Waals surface area (Å²) in [6.45, 7) is 2.07. The largest absolute Gasteiger partial charge is 0.389 e. The first-order valence-electron chi connectivity index (χ1n) is 7.07. The topological polar surface area (TPSA) is 0 Å². The van der Waals surface area contributed by atoms with E-state index in [2.05, 4.69) is 31.2 Å².